The van der Waals surface area contributed by atoms with Crippen LogP contribution in [0.2, 0.25) is 0 Å². The molecule has 2 fully saturated rings. The molecule has 2 rings (SSSR count). The normalized spacial score (nSPS) is 28.0. The summed E-state index contributed by atoms with van der Waals surface area (Å²) in [6.45, 7) is 24.3. The van der Waals surface area contributed by atoms with Gasteiger partial charge in [0.1, 0.15) is 22.4 Å². The van der Waals surface area contributed by atoms with E-state index in [-0.39, 0.29) is 0 Å². The first kappa shape index (κ1) is 23.9. The molecule has 6 nitrogen and oxygen atoms in total. The van der Waals surface area contributed by atoms with E-state index in [1.54, 1.807) is 0 Å². The molecule has 27 heavy (non-hydrogen) atoms. The van der Waals surface area contributed by atoms with Crippen molar-refractivity contribution < 1.29 is 27.1 Å². The summed E-state index contributed by atoms with van der Waals surface area (Å²) in [5.41, 5.74) is -2.57. The SMILES string of the molecule is CC(C)(CC(C)(C)OP1OC(C)(C)C(C)(C)O1)OP1OC(C)(C)C(C)(C)O1. The number of hydrogen-bond donors (Lipinski definition) is 0. The second kappa shape index (κ2) is 7.10. The molecule has 2 aliphatic rings. The van der Waals surface area contributed by atoms with Gasteiger partial charge in [-0.1, -0.05) is 0 Å². The van der Waals surface area contributed by atoms with Crippen LogP contribution in [0.5, 0.6) is 0 Å². The Balaban J connectivity index is 1.96. The maximum Gasteiger partial charge on any atom is 0.334 e. The van der Waals surface area contributed by atoms with Crippen LogP contribution < -0.4 is 0 Å². The molecule has 0 aromatic rings. The van der Waals surface area contributed by atoms with Gasteiger partial charge in [0.25, 0.3) is 0 Å². The lowest BCUT2D eigenvalue weighted by Crippen LogP contribution is -2.41. The smallest absolute Gasteiger partial charge is 0.306 e. The van der Waals surface area contributed by atoms with E-state index in [0.29, 0.717) is 6.42 Å². The summed E-state index contributed by atoms with van der Waals surface area (Å²) < 4.78 is 36.6. The van der Waals surface area contributed by atoms with Gasteiger partial charge in [-0.2, -0.15) is 0 Å². The molecule has 0 aliphatic carbocycles. The third-order valence-electron chi connectivity index (χ3n) is 5.61. The Labute approximate surface area is 167 Å². The molecule has 2 aliphatic heterocycles. The lowest BCUT2D eigenvalue weighted by molar-refractivity contribution is -0.0106. The molecule has 0 unspecified atom stereocenters. The zero-order chi connectivity index (χ0) is 21.1. The van der Waals surface area contributed by atoms with Crippen LogP contribution in [0.25, 0.3) is 0 Å². The van der Waals surface area contributed by atoms with Crippen molar-refractivity contribution in [1.82, 2.24) is 0 Å². The van der Waals surface area contributed by atoms with E-state index in [2.05, 4.69) is 0 Å². The van der Waals surface area contributed by atoms with E-state index in [1.165, 1.54) is 0 Å². The van der Waals surface area contributed by atoms with Crippen molar-refractivity contribution in [2.75, 3.05) is 0 Å². The van der Waals surface area contributed by atoms with Gasteiger partial charge in [-0.3, -0.25) is 0 Å². The van der Waals surface area contributed by atoms with Crippen LogP contribution in [0.15, 0.2) is 0 Å². The van der Waals surface area contributed by atoms with E-state index in [1.807, 2.05) is 83.1 Å². The fourth-order valence-corrected chi connectivity index (χ4v) is 6.32. The molecule has 0 spiro atoms. The van der Waals surface area contributed by atoms with E-state index in [9.17, 15) is 0 Å². The van der Waals surface area contributed by atoms with Crippen molar-refractivity contribution in [2.45, 2.75) is 123 Å². The lowest BCUT2D eigenvalue weighted by atomic mass is 9.90. The molecular formula is C19H38O6P2. The minimum atomic E-state index is -1.42. The second-order valence-corrected chi connectivity index (χ2v) is 12.7. The van der Waals surface area contributed by atoms with Crippen molar-refractivity contribution >= 4 is 17.2 Å². The van der Waals surface area contributed by atoms with Crippen molar-refractivity contribution in [3.05, 3.63) is 0 Å². The lowest BCUT2D eigenvalue weighted by Gasteiger charge is -2.36. The molecule has 0 aromatic heterocycles. The molecule has 2 heterocycles. The van der Waals surface area contributed by atoms with Crippen molar-refractivity contribution in [3.8, 4) is 0 Å². The van der Waals surface area contributed by atoms with Crippen LogP contribution in [0.3, 0.4) is 0 Å². The third-order valence-corrected chi connectivity index (χ3v) is 9.31. The van der Waals surface area contributed by atoms with Gasteiger partial charge < -0.3 is 27.1 Å². The summed E-state index contributed by atoms with van der Waals surface area (Å²) >= 11 is 0. The molecule has 8 heteroatoms. The Morgan fingerprint density at radius 3 is 1.00 bits per heavy atom. The van der Waals surface area contributed by atoms with Gasteiger partial charge in [-0.25, -0.2) is 0 Å². The summed E-state index contributed by atoms with van der Waals surface area (Å²) in [5.74, 6) is 0. The van der Waals surface area contributed by atoms with Gasteiger partial charge in [0.2, 0.25) is 0 Å². The summed E-state index contributed by atoms with van der Waals surface area (Å²) in [4.78, 5) is 0. The van der Waals surface area contributed by atoms with E-state index < -0.39 is 50.8 Å². The summed E-state index contributed by atoms with van der Waals surface area (Å²) in [5, 5.41) is 0. The van der Waals surface area contributed by atoms with Gasteiger partial charge in [-0.05, 0) is 83.1 Å². The molecule has 0 bridgehead atoms. The van der Waals surface area contributed by atoms with Gasteiger partial charge in [0.05, 0.1) is 11.2 Å². The Morgan fingerprint density at radius 1 is 0.556 bits per heavy atom. The molecule has 0 amide bonds. The highest BCUT2D eigenvalue weighted by molar-refractivity contribution is 7.42. The van der Waals surface area contributed by atoms with Crippen LogP contribution in [0.4, 0.5) is 0 Å². The summed E-state index contributed by atoms with van der Waals surface area (Å²) in [7, 11) is -2.84. The van der Waals surface area contributed by atoms with Crippen LogP contribution in [-0.2, 0) is 27.1 Å². The molecular weight excluding hydrogens is 386 g/mol. The Morgan fingerprint density at radius 2 is 0.778 bits per heavy atom. The maximum absolute atomic E-state index is 6.22. The van der Waals surface area contributed by atoms with Crippen LogP contribution in [-0.4, -0.2) is 33.6 Å². The summed E-state index contributed by atoms with van der Waals surface area (Å²) in [6, 6.07) is 0. The van der Waals surface area contributed by atoms with Crippen LogP contribution in [0.1, 0.15) is 89.5 Å². The van der Waals surface area contributed by atoms with E-state index >= 15 is 0 Å². The fraction of sp³-hybridized carbons (Fsp3) is 1.00. The topological polar surface area (TPSA) is 55.4 Å². The largest absolute Gasteiger partial charge is 0.334 e. The number of hydrogen-bond acceptors (Lipinski definition) is 6. The van der Waals surface area contributed by atoms with Crippen molar-refractivity contribution in [3.63, 3.8) is 0 Å². The Hall–Kier alpha value is 0.620. The average Bonchev–Trinajstić information content (AvgIpc) is 2.62. The molecule has 160 valence electrons. The molecule has 2 saturated heterocycles. The predicted molar refractivity (Wildman–Crippen MR) is 109 cm³/mol. The van der Waals surface area contributed by atoms with Gasteiger partial charge in [0.15, 0.2) is 0 Å². The zero-order valence-corrected chi connectivity index (χ0v) is 20.8. The second-order valence-electron chi connectivity index (χ2n) is 10.7. The van der Waals surface area contributed by atoms with Crippen LogP contribution in [0, 0.1) is 0 Å². The average molecular weight is 424 g/mol. The van der Waals surface area contributed by atoms with Crippen molar-refractivity contribution in [1.29, 1.82) is 0 Å². The highest BCUT2D eigenvalue weighted by Gasteiger charge is 2.54. The molecule has 0 saturated carbocycles. The Kier molecular flexibility index (Phi) is 6.28. The van der Waals surface area contributed by atoms with Gasteiger partial charge in [-0.15, -0.1) is 0 Å². The molecule has 0 radical (unpaired) electrons. The van der Waals surface area contributed by atoms with Gasteiger partial charge >= 0.3 is 17.2 Å². The minimum Gasteiger partial charge on any atom is -0.306 e. The van der Waals surface area contributed by atoms with Gasteiger partial charge in [0, 0.05) is 6.42 Å². The highest BCUT2D eigenvalue weighted by Crippen LogP contribution is 2.62. The highest BCUT2D eigenvalue weighted by atomic mass is 31.2. The zero-order valence-electron chi connectivity index (χ0n) is 19.1. The number of rotatable bonds is 6. The quantitative estimate of drug-likeness (QED) is 0.446. The summed E-state index contributed by atoms with van der Waals surface area (Å²) in [6.07, 6.45) is 0.638. The first-order valence-electron chi connectivity index (χ1n) is 9.53. The maximum atomic E-state index is 6.22. The standard InChI is InChI=1S/C19H38O6P2/c1-14(2,20-26-22-16(5,6)17(7,8)23-26)13-15(3,4)21-27-24-18(9,10)19(11,12)25-27/h13H2,1-12H3. The predicted octanol–water partition coefficient (Wildman–Crippen LogP) is 6.63. The molecule has 0 aromatic carbocycles. The van der Waals surface area contributed by atoms with Crippen LogP contribution >= 0.6 is 17.2 Å². The fourth-order valence-electron chi connectivity index (χ4n) is 2.79. The van der Waals surface area contributed by atoms with Crippen molar-refractivity contribution in [2.24, 2.45) is 0 Å². The van der Waals surface area contributed by atoms with E-state index in [4.69, 9.17) is 27.1 Å². The Bertz CT molecular complexity index is 476. The monoisotopic (exact) mass is 424 g/mol. The first-order chi connectivity index (χ1) is 11.8. The molecule has 0 atom stereocenters. The first-order valence-corrected chi connectivity index (χ1v) is 11.7. The third kappa shape index (κ3) is 5.41. The minimum absolute atomic E-state index is 0.396. The van der Waals surface area contributed by atoms with E-state index in [0.717, 1.165) is 0 Å². The molecule has 0 N–H and O–H groups in total.